The van der Waals surface area contributed by atoms with Crippen LogP contribution in [0, 0.1) is 5.82 Å². The Hall–Kier alpha value is -3.78. The van der Waals surface area contributed by atoms with Gasteiger partial charge < -0.3 is 14.9 Å². The molecule has 194 valence electrons. The number of aliphatic hydroxyl groups excluding tert-OH is 1. The average Bonchev–Trinajstić information content (AvgIpc) is 3.53. The number of nitrogens with zero attached hydrogens (tertiary/aromatic N) is 5. The van der Waals surface area contributed by atoms with E-state index in [0.717, 1.165) is 30.6 Å². The summed E-state index contributed by atoms with van der Waals surface area (Å²) in [5.74, 6) is -0.118. The van der Waals surface area contributed by atoms with Crippen LogP contribution in [-0.4, -0.2) is 56.2 Å². The van der Waals surface area contributed by atoms with Crippen molar-refractivity contribution < 1.29 is 14.3 Å². The first-order valence-electron chi connectivity index (χ1n) is 13.5. The van der Waals surface area contributed by atoms with E-state index in [1.807, 2.05) is 34.1 Å². The SMILES string of the molecule is C[C@@H]1c2ccccc2CCN1C(=O)c1cc(C2CC2)n2nc(-c3ccc(N4CC[C@H](O)C4)cc3F)cc2n1. The maximum Gasteiger partial charge on any atom is 0.273 e. The molecule has 7 rings (SSSR count). The van der Waals surface area contributed by atoms with Crippen molar-refractivity contribution in [3.05, 3.63) is 82.9 Å². The Bertz CT molecular complexity index is 1560. The van der Waals surface area contributed by atoms with Gasteiger partial charge in [0.25, 0.3) is 5.91 Å². The highest BCUT2D eigenvalue weighted by Crippen LogP contribution is 2.41. The number of rotatable bonds is 4. The highest BCUT2D eigenvalue weighted by Gasteiger charge is 2.32. The van der Waals surface area contributed by atoms with Crippen LogP contribution in [-0.2, 0) is 6.42 Å². The van der Waals surface area contributed by atoms with E-state index in [-0.39, 0.29) is 23.9 Å². The molecule has 3 aliphatic rings. The second-order valence-electron chi connectivity index (χ2n) is 10.8. The molecule has 2 atom stereocenters. The molecular weight excluding hydrogens is 481 g/mol. The van der Waals surface area contributed by atoms with Crippen LogP contribution in [0.4, 0.5) is 10.1 Å². The molecular formula is C30H30FN5O2. The molecule has 1 amide bonds. The number of anilines is 1. The molecule has 38 heavy (non-hydrogen) atoms. The lowest BCUT2D eigenvalue weighted by Crippen LogP contribution is -2.39. The van der Waals surface area contributed by atoms with Gasteiger partial charge in [-0.25, -0.2) is 13.9 Å². The molecule has 0 unspecified atom stereocenters. The Balaban J connectivity index is 1.23. The number of halogens is 1. The predicted octanol–water partition coefficient (Wildman–Crippen LogP) is 4.74. The zero-order valence-electron chi connectivity index (χ0n) is 21.3. The predicted molar refractivity (Wildman–Crippen MR) is 143 cm³/mol. The van der Waals surface area contributed by atoms with Crippen molar-refractivity contribution in [1.29, 1.82) is 0 Å². The highest BCUT2D eigenvalue weighted by molar-refractivity contribution is 5.93. The molecule has 2 fully saturated rings. The Kier molecular flexibility index (Phi) is 5.47. The van der Waals surface area contributed by atoms with Gasteiger partial charge in [0.2, 0.25) is 0 Å². The number of fused-ring (bicyclic) bond motifs is 2. The largest absolute Gasteiger partial charge is 0.391 e. The van der Waals surface area contributed by atoms with Crippen molar-refractivity contribution in [2.24, 2.45) is 0 Å². The van der Waals surface area contributed by atoms with Gasteiger partial charge >= 0.3 is 0 Å². The number of hydrogen-bond donors (Lipinski definition) is 1. The van der Waals surface area contributed by atoms with Gasteiger partial charge in [-0.2, -0.15) is 5.10 Å². The lowest BCUT2D eigenvalue weighted by molar-refractivity contribution is 0.0671. The number of aliphatic hydroxyl groups is 1. The molecule has 4 aromatic rings. The molecule has 0 spiro atoms. The molecule has 2 aromatic carbocycles. The number of benzene rings is 2. The van der Waals surface area contributed by atoms with Crippen LogP contribution >= 0.6 is 0 Å². The third-order valence-corrected chi connectivity index (χ3v) is 8.28. The zero-order valence-corrected chi connectivity index (χ0v) is 21.3. The van der Waals surface area contributed by atoms with Crippen molar-refractivity contribution >= 4 is 17.2 Å². The Morgan fingerprint density at radius 2 is 1.89 bits per heavy atom. The van der Waals surface area contributed by atoms with Gasteiger partial charge in [-0.1, -0.05) is 24.3 Å². The molecule has 1 N–H and O–H groups in total. The minimum atomic E-state index is -0.373. The zero-order chi connectivity index (χ0) is 26.0. The molecule has 1 saturated carbocycles. The van der Waals surface area contributed by atoms with E-state index >= 15 is 4.39 Å². The van der Waals surface area contributed by atoms with E-state index in [0.29, 0.717) is 54.6 Å². The van der Waals surface area contributed by atoms with E-state index in [1.54, 1.807) is 16.6 Å². The van der Waals surface area contributed by atoms with Crippen LogP contribution in [0.2, 0.25) is 0 Å². The summed E-state index contributed by atoms with van der Waals surface area (Å²) in [6.07, 6.45) is 3.23. The van der Waals surface area contributed by atoms with E-state index in [9.17, 15) is 9.90 Å². The van der Waals surface area contributed by atoms with Crippen molar-refractivity contribution in [1.82, 2.24) is 19.5 Å². The van der Waals surface area contributed by atoms with Crippen LogP contribution in [0.5, 0.6) is 0 Å². The molecule has 7 nitrogen and oxygen atoms in total. The topological polar surface area (TPSA) is 74.0 Å². The first kappa shape index (κ1) is 23.3. The fraction of sp³-hybridized carbons (Fsp3) is 0.367. The van der Waals surface area contributed by atoms with Crippen molar-refractivity contribution in [2.45, 2.75) is 50.7 Å². The fourth-order valence-electron chi connectivity index (χ4n) is 5.99. The number of aromatic nitrogens is 3. The van der Waals surface area contributed by atoms with Crippen LogP contribution in [0.25, 0.3) is 16.9 Å². The quantitative estimate of drug-likeness (QED) is 0.428. The smallest absolute Gasteiger partial charge is 0.273 e. The molecule has 2 aliphatic heterocycles. The van der Waals surface area contributed by atoms with E-state index in [4.69, 9.17) is 10.1 Å². The average molecular weight is 512 g/mol. The Morgan fingerprint density at radius 3 is 2.66 bits per heavy atom. The molecule has 2 aromatic heterocycles. The fourth-order valence-corrected chi connectivity index (χ4v) is 5.99. The van der Waals surface area contributed by atoms with Gasteiger partial charge in [-0.05, 0) is 68.0 Å². The molecule has 1 saturated heterocycles. The Morgan fingerprint density at radius 1 is 1.05 bits per heavy atom. The van der Waals surface area contributed by atoms with Gasteiger partial charge in [0, 0.05) is 48.6 Å². The van der Waals surface area contributed by atoms with Crippen molar-refractivity contribution in [2.75, 3.05) is 24.5 Å². The maximum atomic E-state index is 15.3. The third-order valence-electron chi connectivity index (χ3n) is 8.28. The van der Waals surface area contributed by atoms with Crippen molar-refractivity contribution in [3.8, 4) is 11.3 Å². The van der Waals surface area contributed by atoms with E-state index in [1.165, 1.54) is 17.2 Å². The summed E-state index contributed by atoms with van der Waals surface area (Å²) in [5.41, 5.74) is 6.06. The van der Waals surface area contributed by atoms with Gasteiger partial charge in [0.1, 0.15) is 11.5 Å². The summed E-state index contributed by atoms with van der Waals surface area (Å²) < 4.78 is 17.1. The van der Waals surface area contributed by atoms with E-state index < -0.39 is 0 Å². The first-order valence-corrected chi connectivity index (χ1v) is 13.5. The third kappa shape index (κ3) is 3.95. The highest BCUT2D eigenvalue weighted by atomic mass is 19.1. The minimum absolute atomic E-state index is 0.0281. The number of carbonyl (C=O) groups excluding carboxylic acids is 1. The van der Waals surface area contributed by atoms with Gasteiger partial charge in [0.05, 0.1) is 17.8 Å². The summed E-state index contributed by atoms with van der Waals surface area (Å²) in [7, 11) is 0. The van der Waals surface area contributed by atoms with Crippen LogP contribution in [0.1, 0.15) is 65.5 Å². The maximum absolute atomic E-state index is 15.3. The Labute approximate surface area is 220 Å². The number of hydrogen-bond acceptors (Lipinski definition) is 5. The van der Waals surface area contributed by atoms with E-state index in [2.05, 4.69) is 19.1 Å². The summed E-state index contributed by atoms with van der Waals surface area (Å²) in [4.78, 5) is 22.4. The lowest BCUT2D eigenvalue weighted by Gasteiger charge is -2.35. The van der Waals surface area contributed by atoms with Gasteiger partial charge in [-0.3, -0.25) is 4.79 Å². The molecule has 0 radical (unpaired) electrons. The van der Waals surface area contributed by atoms with Crippen LogP contribution in [0.3, 0.4) is 0 Å². The minimum Gasteiger partial charge on any atom is -0.391 e. The molecule has 4 heterocycles. The summed E-state index contributed by atoms with van der Waals surface area (Å²) in [6, 6.07) is 17.1. The second kappa shape index (κ2) is 8.91. The van der Waals surface area contributed by atoms with Gasteiger partial charge in [0.15, 0.2) is 5.65 Å². The first-order chi connectivity index (χ1) is 18.5. The lowest BCUT2D eigenvalue weighted by atomic mass is 9.93. The summed E-state index contributed by atoms with van der Waals surface area (Å²) >= 11 is 0. The van der Waals surface area contributed by atoms with Gasteiger partial charge in [-0.15, -0.1) is 0 Å². The molecule has 8 heteroatoms. The second-order valence-corrected chi connectivity index (χ2v) is 10.8. The number of amides is 1. The molecule has 0 bridgehead atoms. The van der Waals surface area contributed by atoms with Crippen molar-refractivity contribution in [3.63, 3.8) is 0 Å². The number of carbonyl (C=O) groups is 1. The van der Waals surface area contributed by atoms with Crippen LogP contribution < -0.4 is 4.90 Å². The van der Waals surface area contributed by atoms with Crippen LogP contribution in [0.15, 0.2) is 54.6 Å². The standard InChI is InChI=1S/C30H30FN5O2/c1-18-23-5-3-2-4-19(23)10-13-35(18)30(38)27-15-28(20-6-7-20)36-29(32-27)16-26(33-36)24-9-8-21(14-25(24)31)34-12-11-22(37)17-34/h2-5,8-9,14-16,18,20,22,37H,6-7,10-13,17H2,1H3/t18-,22+/m1/s1. The summed E-state index contributed by atoms with van der Waals surface area (Å²) in [5, 5.41) is 14.6. The number of β-amino-alcohol motifs (C(OH)–C–C–N with tert-alkyl or cyclic N) is 1. The normalized spacial score (nSPS) is 21.2. The molecule has 1 aliphatic carbocycles. The summed E-state index contributed by atoms with van der Waals surface area (Å²) in [6.45, 7) is 3.95. The monoisotopic (exact) mass is 511 g/mol.